The monoisotopic (exact) mass is 450 g/mol. The molecule has 0 bridgehead atoms. The smallest absolute Gasteiger partial charge is 0.276 e. The number of carbonyl (C=O) groups is 2. The average Bonchev–Trinajstić information content (AvgIpc) is 3.58. The summed E-state index contributed by atoms with van der Waals surface area (Å²) in [4.78, 5) is 39.9. The van der Waals surface area contributed by atoms with Crippen LogP contribution in [-0.4, -0.2) is 68.7 Å². The first kappa shape index (κ1) is 22.3. The fourth-order valence-corrected chi connectivity index (χ4v) is 3.57. The fourth-order valence-electron chi connectivity index (χ4n) is 3.57. The summed E-state index contributed by atoms with van der Waals surface area (Å²) in [5, 5.41) is 26.6. The van der Waals surface area contributed by atoms with Gasteiger partial charge in [-0.2, -0.15) is 0 Å². The van der Waals surface area contributed by atoms with E-state index in [1.165, 1.54) is 17.4 Å². The Bertz CT molecular complexity index is 1080. The number of hydrogen-bond acceptors (Lipinski definition) is 9. The Kier molecular flexibility index (Phi) is 6.59. The first-order valence-electron chi connectivity index (χ1n) is 10.7. The van der Waals surface area contributed by atoms with Crippen LogP contribution in [0.2, 0.25) is 0 Å². The van der Waals surface area contributed by atoms with Gasteiger partial charge in [0.05, 0.1) is 35.6 Å². The van der Waals surface area contributed by atoms with Crippen molar-refractivity contribution in [3.05, 3.63) is 54.1 Å². The summed E-state index contributed by atoms with van der Waals surface area (Å²) < 4.78 is 0. The van der Waals surface area contributed by atoms with E-state index in [0.29, 0.717) is 30.3 Å². The van der Waals surface area contributed by atoms with E-state index in [9.17, 15) is 14.7 Å². The van der Waals surface area contributed by atoms with Gasteiger partial charge in [-0.05, 0) is 31.4 Å². The highest BCUT2D eigenvalue weighted by Crippen LogP contribution is 2.39. The summed E-state index contributed by atoms with van der Waals surface area (Å²) in [5.74, 6) is -0.787. The number of hydrogen-bond donors (Lipinski definition) is 5. The highest BCUT2D eigenvalue weighted by molar-refractivity contribution is 6.44. The molecule has 172 valence electrons. The van der Waals surface area contributed by atoms with Crippen molar-refractivity contribution in [2.75, 3.05) is 25.5 Å². The standard InChI is InChI=1S/C22H26N8O3/c1-24-10-18(19(23)22(33)30-7-6-15(31)11-30)29-21(32)20-17(27-14-8-25-12-26-9-14)5-4-16(28-20)13-2-3-13/h4-5,8-10,12-13,15,23-24,27,31H,2-3,6-7,11H2,1H3,(H,29,32)/b18-10+,23-19?. The van der Waals surface area contributed by atoms with Gasteiger partial charge in [0.25, 0.3) is 11.8 Å². The second-order valence-corrected chi connectivity index (χ2v) is 8.03. The van der Waals surface area contributed by atoms with Crippen LogP contribution in [0.1, 0.15) is 41.4 Å². The van der Waals surface area contributed by atoms with Crippen molar-refractivity contribution >= 4 is 28.9 Å². The molecule has 1 aliphatic carbocycles. The summed E-state index contributed by atoms with van der Waals surface area (Å²) >= 11 is 0. The molecule has 4 rings (SSSR count). The Morgan fingerprint density at radius 3 is 2.61 bits per heavy atom. The summed E-state index contributed by atoms with van der Waals surface area (Å²) in [6, 6.07) is 3.67. The van der Waals surface area contributed by atoms with Gasteiger partial charge < -0.3 is 26.0 Å². The van der Waals surface area contributed by atoms with E-state index < -0.39 is 17.9 Å². The minimum atomic E-state index is -0.599. The molecular formula is C22H26N8O3. The van der Waals surface area contributed by atoms with Gasteiger partial charge in [-0.25, -0.2) is 15.0 Å². The largest absolute Gasteiger partial charge is 0.392 e. The number of aromatic nitrogens is 3. The Labute approximate surface area is 190 Å². The molecule has 0 aromatic carbocycles. The molecule has 2 aromatic heterocycles. The van der Waals surface area contributed by atoms with Gasteiger partial charge in [0.1, 0.15) is 12.0 Å². The number of aliphatic hydroxyl groups is 1. The summed E-state index contributed by atoms with van der Waals surface area (Å²) in [5.41, 5.74) is 1.65. The van der Waals surface area contributed by atoms with Crippen LogP contribution in [0.4, 0.5) is 11.4 Å². The molecule has 2 aromatic rings. The van der Waals surface area contributed by atoms with E-state index in [-0.39, 0.29) is 23.6 Å². The van der Waals surface area contributed by atoms with Crippen molar-refractivity contribution in [3.8, 4) is 0 Å². The van der Waals surface area contributed by atoms with Gasteiger partial charge in [-0.15, -0.1) is 0 Å². The molecule has 1 atom stereocenters. The lowest BCUT2D eigenvalue weighted by Crippen LogP contribution is -2.40. The van der Waals surface area contributed by atoms with Crippen molar-refractivity contribution in [1.29, 1.82) is 5.41 Å². The molecule has 1 unspecified atom stereocenters. The van der Waals surface area contributed by atoms with Crippen molar-refractivity contribution < 1.29 is 14.7 Å². The summed E-state index contributed by atoms with van der Waals surface area (Å²) in [6.07, 6.45) is 7.86. The van der Waals surface area contributed by atoms with E-state index in [1.807, 2.05) is 6.07 Å². The third-order valence-electron chi connectivity index (χ3n) is 5.44. The molecule has 2 fully saturated rings. The van der Waals surface area contributed by atoms with E-state index in [2.05, 4.69) is 30.9 Å². The lowest BCUT2D eigenvalue weighted by atomic mass is 10.2. The number of anilines is 2. The van der Waals surface area contributed by atoms with E-state index in [0.717, 1.165) is 18.5 Å². The lowest BCUT2D eigenvalue weighted by Gasteiger charge is -2.18. The first-order valence-corrected chi connectivity index (χ1v) is 10.7. The van der Waals surface area contributed by atoms with Gasteiger partial charge >= 0.3 is 0 Å². The fraction of sp³-hybridized carbons (Fsp3) is 0.364. The van der Waals surface area contributed by atoms with Crippen LogP contribution in [0.5, 0.6) is 0 Å². The van der Waals surface area contributed by atoms with E-state index in [1.54, 1.807) is 25.5 Å². The number of pyridine rings is 1. The maximum atomic E-state index is 13.3. The predicted molar refractivity (Wildman–Crippen MR) is 121 cm³/mol. The van der Waals surface area contributed by atoms with Crippen molar-refractivity contribution in [2.45, 2.75) is 31.3 Å². The number of rotatable bonds is 8. The Balaban J connectivity index is 1.57. The Hall–Kier alpha value is -3.86. The number of amides is 2. The topological polar surface area (TPSA) is 156 Å². The number of β-amino-alcohol motifs (C(OH)–C–C–N with tert-alkyl or cyclic N) is 1. The molecular weight excluding hydrogens is 424 g/mol. The normalized spacial score (nSPS) is 18.1. The number of likely N-dealkylation sites (tertiary alicyclic amines) is 1. The van der Waals surface area contributed by atoms with Crippen LogP contribution in [0.3, 0.4) is 0 Å². The minimum Gasteiger partial charge on any atom is -0.392 e. The maximum Gasteiger partial charge on any atom is 0.276 e. The van der Waals surface area contributed by atoms with Crippen LogP contribution >= 0.6 is 0 Å². The van der Waals surface area contributed by atoms with E-state index >= 15 is 0 Å². The van der Waals surface area contributed by atoms with Crippen molar-refractivity contribution in [3.63, 3.8) is 0 Å². The van der Waals surface area contributed by atoms with Crippen LogP contribution in [0, 0.1) is 5.41 Å². The summed E-state index contributed by atoms with van der Waals surface area (Å²) in [6.45, 7) is 0.529. The third-order valence-corrected chi connectivity index (χ3v) is 5.44. The molecule has 0 spiro atoms. The Morgan fingerprint density at radius 1 is 1.21 bits per heavy atom. The molecule has 2 amide bonds. The quantitative estimate of drug-likeness (QED) is 0.371. The van der Waals surface area contributed by atoms with Crippen LogP contribution in [0.15, 0.2) is 42.8 Å². The molecule has 11 heteroatoms. The molecule has 2 aliphatic rings. The number of nitrogens with one attached hydrogen (secondary N) is 4. The average molecular weight is 451 g/mol. The zero-order valence-corrected chi connectivity index (χ0v) is 18.2. The SMILES string of the molecule is CN/C=C(/NC(=O)c1nc(C2CC2)ccc1Nc1cncnc1)C(=N)C(=O)N1CCC(O)C1. The number of carbonyl (C=O) groups excluding carboxylic acids is 2. The van der Waals surface area contributed by atoms with Gasteiger partial charge in [-0.3, -0.25) is 15.0 Å². The second kappa shape index (κ2) is 9.74. The number of aliphatic hydroxyl groups excluding tert-OH is 1. The molecule has 33 heavy (non-hydrogen) atoms. The van der Waals surface area contributed by atoms with Crippen molar-refractivity contribution in [2.24, 2.45) is 0 Å². The van der Waals surface area contributed by atoms with Crippen LogP contribution < -0.4 is 16.0 Å². The predicted octanol–water partition coefficient (Wildman–Crippen LogP) is 0.896. The molecule has 5 N–H and O–H groups in total. The van der Waals surface area contributed by atoms with Crippen LogP contribution in [-0.2, 0) is 4.79 Å². The molecule has 3 heterocycles. The highest BCUT2D eigenvalue weighted by Gasteiger charge is 2.30. The third kappa shape index (κ3) is 5.32. The van der Waals surface area contributed by atoms with Gasteiger partial charge in [0.15, 0.2) is 5.69 Å². The molecule has 1 saturated heterocycles. The Morgan fingerprint density at radius 2 is 1.97 bits per heavy atom. The zero-order valence-electron chi connectivity index (χ0n) is 18.2. The molecule has 1 aliphatic heterocycles. The molecule has 0 radical (unpaired) electrons. The van der Waals surface area contributed by atoms with Crippen molar-refractivity contribution in [1.82, 2.24) is 30.5 Å². The highest BCUT2D eigenvalue weighted by atomic mass is 16.3. The number of nitrogens with zero attached hydrogens (tertiary/aromatic N) is 4. The van der Waals surface area contributed by atoms with Gasteiger partial charge in [0.2, 0.25) is 0 Å². The van der Waals surface area contributed by atoms with Crippen LogP contribution in [0.25, 0.3) is 0 Å². The van der Waals surface area contributed by atoms with E-state index in [4.69, 9.17) is 5.41 Å². The zero-order chi connectivity index (χ0) is 23.4. The minimum absolute atomic E-state index is 0.0153. The van der Waals surface area contributed by atoms with Gasteiger partial charge in [-0.1, -0.05) is 0 Å². The lowest BCUT2D eigenvalue weighted by molar-refractivity contribution is -0.123. The molecule has 1 saturated carbocycles. The maximum absolute atomic E-state index is 13.3. The first-order chi connectivity index (χ1) is 16.0. The summed E-state index contributed by atoms with van der Waals surface area (Å²) in [7, 11) is 1.61. The second-order valence-electron chi connectivity index (χ2n) is 8.03. The van der Waals surface area contributed by atoms with Gasteiger partial charge in [0, 0.05) is 37.9 Å². The molecule has 11 nitrogen and oxygen atoms in total.